The van der Waals surface area contributed by atoms with Crippen LogP contribution in [0.5, 0.6) is 17.2 Å². The summed E-state index contributed by atoms with van der Waals surface area (Å²) in [6, 6.07) is 11.3. The molecule has 0 aliphatic heterocycles. The van der Waals surface area contributed by atoms with Gasteiger partial charge in [-0.3, -0.25) is 0 Å². The smallest absolute Gasteiger partial charge is 0.200 e. The predicted octanol–water partition coefficient (Wildman–Crippen LogP) is 2.16. The van der Waals surface area contributed by atoms with Crippen LogP contribution in [0.4, 0.5) is 5.69 Å². The summed E-state index contributed by atoms with van der Waals surface area (Å²) < 4.78 is 0. The number of nitriles is 2. The first-order valence-corrected chi connectivity index (χ1v) is 5.97. The number of phenolic OH excluding ortho intramolecular Hbond substituents is 3. The second-order valence-electron chi connectivity index (χ2n) is 4.28. The first kappa shape index (κ1) is 14.0. The summed E-state index contributed by atoms with van der Waals surface area (Å²) in [5.41, 5.74) is 1.51. The number of rotatable bonds is 3. The highest BCUT2D eigenvalue weighted by molar-refractivity contribution is 5.58. The van der Waals surface area contributed by atoms with E-state index < -0.39 is 17.2 Å². The van der Waals surface area contributed by atoms with Gasteiger partial charge in [0.1, 0.15) is 12.1 Å². The molecule has 0 unspecified atom stereocenters. The van der Waals surface area contributed by atoms with E-state index in [1.165, 1.54) is 24.3 Å². The standard InChI is InChI=1S/C15H11N3O3/c16-6-9-1-3-12(5-11(9)7-17)18-8-10-2-4-13(19)15(21)14(10)20/h1-5,18-21H,8H2. The quantitative estimate of drug-likeness (QED) is 0.640. The van der Waals surface area contributed by atoms with E-state index in [4.69, 9.17) is 10.5 Å². The molecule has 0 heterocycles. The lowest BCUT2D eigenvalue weighted by atomic mass is 10.1. The number of hydrogen-bond donors (Lipinski definition) is 4. The van der Waals surface area contributed by atoms with Crippen LogP contribution in [-0.4, -0.2) is 15.3 Å². The van der Waals surface area contributed by atoms with Crippen molar-refractivity contribution in [3.8, 4) is 29.4 Å². The van der Waals surface area contributed by atoms with Gasteiger partial charge in [0.15, 0.2) is 11.5 Å². The summed E-state index contributed by atoms with van der Waals surface area (Å²) in [5, 5.41) is 49.1. The maximum Gasteiger partial charge on any atom is 0.200 e. The molecule has 0 bridgehead atoms. The van der Waals surface area contributed by atoms with E-state index in [-0.39, 0.29) is 17.7 Å². The SMILES string of the molecule is N#Cc1ccc(NCc2ccc(O)c(O)c2O)cc1C#N. The lowest BCUT2D eigenvalue weighted by molar-refractivity contribution is 0.365. The minimum Gasteiger partial charge on any atom is -0.504 e. The second-order valence-corrected chi connectivity index (χ2v) is 4.28. The molecule has 0 saturated heterocycles. The van der Waals surface area contributed by atoms with Crippen molar-refractivity contribution >= 4 is 5.69 Å². The molecule has 0 atom stereocenters. The zero-order valence-electron chi connectivity index (χ0n) is 10.8. The molecule has 0 radical (unpaired) electrons. The van der Waals surface area contributed by atoms with Crippen molar-refractivity contribution in [3.05, 3.63) is 47.0 Å². The molecule has 0 fully saturated rings. The van der Waals surface area contributed by atoms with E-state index in [0.717, 1.165) is 0 Å². The molecule has 0 amide bonds. The van der Waals surface area contributed by atoms with Crippen LogP contribution < -0.4 is 5.32 Å². The van der Waals surface area contributed by atoms with Crippen LogP contribution in [0.3, 0.4) is 0 Å². The molecule has 0 aliphatic rings. The third-order valence-corrected chi connectivity index (χ3v) is 2.96. The maximum absolute atomic E-state index is 9.69. The number of nitrogens with zero attached hydrogens (tertiary/aromatic N) is 2. The summed E-state index contributed by atoms with van der Waals surface area (Å²) in [6.45, 7) is 0.177. The number of aromatic hydroxyl groups is 3. The van der Waals surface area contributed by atoms with E-state index in [2.05, 4.69) is 5.32 Å². The maximum atomic E-state index is 9.69. The van der Waals surface area contributed by atoms with Gasteiger partial charge in [0.05, 0.1) is 11.1 Å². The molecule has 6 nitrogen and oxygen atoms in total. The van der Waals surface area contributed by atoms with Crippen LogP contribution in [0.15, 0.2) is 30.3 Å². The molecule has 2 rings (SSSR count). The van der Waals surface area contributed by atoms with Crippen molar-refractivity contribution in [2.75, 3.05) is 5.32 Å². The van der Waals surface area contributed by atoms with Crippen molar-refractivity contribution in [1.82, 2.24) is 0 Å². The molecule has 2 aromatic rings. The normalized spacial score (nSPS) is 9.62. The molecule has 0 spiro atoms. The van der Waals surface area contributed by atoms with Gasteiger partial charge in [-0.15, -0.1) is 0 Å². The Bertz CT molecular complexity index is 773. The fraction of sp³-hybridized carbons (Fsp3) is 0.0667. The Morgan fingerprint density at radius 3 is 2.29 bits per heavy atom. The summed E-state index contributed by atoms with van der Waals surface area (Å²) in [6.07, 6.45) is 0. The first-order valence-electron chi connectivity index (χ1n) is 5.97. The molecule has 0 saturated carbocycles. The van der Waals surface area contributed by atoms with Gasteiger partial charge in [0.2, 0.25) is 5.75 Å². The monoisotopic (exact) mass is 281 g/mol. The summed E-state index contributed by atoms with van der Waals surface area (Å²) in [7, 11) is 0. The highest BCUT2D eigenvalue weighted by Gasteiger charge is 2.11. The second kappa shape index (κ2) is 5.72. The zero-order chi connectivity index (χ0) is 15.4. The Kier molecular flexibility index (Phi) is 3.83. The largest absolute Gasteiger partial charge is 0.504 e. The van der Waals surface area contributed by atoms with Crippen molar-refractivity contribution in [2.24, 2.45) is 0 Å². The van der Waals surface area contributed by atoms with E-state index >= 15 is 0 Å². The van der Waals surface area contributed by atoms with Gasteiger partial charge < -0.3 is 20.6 Å². The minimum atomic E-state index is -0.577. The predicted molar refractivity (Wildman–Crippen MR) is 74.6 cm³/mol. The topological polar surface area (TPSA) is 120 Å². The number of phenols is 3. The highest BCUT2D eigenvalue weighted by Crippen LogP contribution is 2.37. The van der Waals surface area contributed by atoms with Crippen LogP contribution in [0.25, 0.3) is 0 Å². The zero-order valence-corrected chi connectivity index (χ0v) is 10.8. The third kappa shape index (κ3) is 2.80. The molecule has 6 heteroatoms. The Hall–Kier alpha value is -3.38. The number of nitrogens with one attached hydrogen (secondary N) is 1. The minimum absolute atomic E-state index is 0.177. The van der Waals surface area contributed by atoms with Gasteiger partial charge in [-0.05, 0) is 30.3 Å². The van der Waals surface area contributed by atoms with Gasteiger partial charge >= 0.3 is 0 Å². The lowest BCUT2D eigenvalue weighted by Gasteiger charge is -2.10. The Balaban J connectivity index is 2.20. The van der Waals surface area contributed by atoms with Crippen molar-refractivity contribution in [1.29, 1.82) is 10.5 Å². The van der Waals surface area contributed by atoms with Crippen LogP contribution >= 0.6 is 0 Å². The molecular formula is C15H11N3O3. The van der Waals surface area contributed by atoms with E-state index in [0.29, 0.717) is 11.3 Å². The van der Waals surface area contributed by atoms with Crippen molar-refractivity contribution < 1.29 is 15.3 Å². The van der Waals surface area contributed by atoms with Crippen molar-refractivity contribution in [2.45, 2.75) is 6.54 Å². The highest BCUT2D eigenvalue weighted by atomic mass is 16.3. The average molecular weight is 281 g/mol. The summed E-state index contributed by atoms with van der Waals surface area (Å²) in [5.74, 6) is -1.38. The third-order valence-electron chi connectivity index (χ3n) is 2.96. The molecule has 0 aliphatic carbocycles. The number of benzene rings is 2. The van der Waals surface area contributed by atoms with Crippen LogP contribution in [-0.2, 0) is 6.54 Å². The number of anilines is 1. The van der Waals surface area contributed by atoms with Gasteiger partial charge in [-0.25, -0.2) is 0 Å². The van der Waals surface area contributed by atoms with Gasteiger partial charge in [-0.1, -0.05) is 0 Å². The summed E-state index contributed by atoms with van der Waals surface area (Å²) >= 11 is 0. The van der Waals surface area contributed by atoms with Crippen LogP contribution in [0, 0.1) is 22.7 Å². The van der Waals surface area contributed by atoms with E-state index in [9.17, 15) is 15.3 Å². The molecular weight excluding hydrogens is 270 g/mol. The van der Waals surface area contributed by atoms with Gasteiger partial charge in [-0.2, -0.15) is 10.5 Å². The molecule has 4 N–H and O–H groups in total. The van der Waals surface area contributed by atoms with Crippen LogP contribution in [0.1, 0.15) is 16.7 Å². The molecule has 104 valence electrons. The molecule has 0 aromatic heterocycles. The average Bonchev–Trinajstić information content (AvgIpc) is 2.51. The Morgan fingerprint density at radius 1 is 0.905 bits per heavy atom. The van der Waals surface area contributed by atoms with Crippen LogP contribution in [0.2, 0.25) is 0 Å². The fourth-order valence-corrected chi connectivity index (χ4v) is 1.79. The van der Waals surface area contributed by atoms with Crippen molar-refractivity contribution in [3.63, 3.8) is 0 Å². The van der Waals surface area contributed by atoms with Gasteiger partial charge in [0, 0.05) is 17.8 Å². The fourth-order valence-electron chi connectivity index (χ4n) is 1.79. The Labute approximate surface area is 120 Å². The molecule has 2 aromatic carbocycles. The van der Waals surface area contributed by atoms with E-state index in [1.54, 1.807) is 6.07 Å². The van der Waals surface area contributed by atoms with E-state index in [1.807, 2.05) is 12.1 Å². The number of hydrogen-bond acceptors (Lipinski definition) is 6. The van der Waals surface area contributed by atoms with Gasteiger partial charge in [0.25, 0.3) is 0 Å². The molecule has 21 heavy (non-hydrogen) atoms. The summed E-state index contributed by atoms with van der Waals surface area (Å²) in [4.78, 5) is 0. The Morgan fingerprint density at radius 2 is 1.62 bits per heavy atom. The first-order chi connectivity index (χ1) is 10.1. The lowest BCUT2D eigenvalue weighted by Crippen LogP contribution is -2.00.